The average Bonchev–Trinajstić information content (AvgIpc) is 2.10. The zero-order chi connectivity index (χ0) is 12.5. The lowest BCUT2D eigenvalue weighted by Crippen LogP contribution is -2.37. The molecule has 2 nitrogen and oxygen atoms in total. The standard InChI is InChI=1S/C10H14B2F2O2/c1-10(2,3)11-7-4-6(12(15)16)5-8(13)9(7)14/h4-5,11,15-16H,1-3H3. The topological polar surface area (TPSA) is 40.5 Å². The Balaban J connectivity index is 3.17. The molecule has 0 heterocycles. The second-order valence-electron chi connectivity index (χ2n) is 5.09. The molecule has 86 valence electrons. The Morgan fingerprint density at radius 1 is 1.19 bits per heavy atom. The Labute approximate surface area is 94.7 Å². The predicted molar refractivity (Wildman–Crippen MR) is 62.7 cm³/mol. The van der Waals surface area contributed by atoms with E-state index >= 15 is 0 Å². The third kappa shape index (κ3) is 3.32. The smallest absolute Gasteiger partial charge is 0.423 e. The zero-order valence-electron chi connectivity index (χ0n) is 9.59. The maximum atomic E-state index is 13.4. The van der Waals surface area contributed by atoms with E-state index in [-0.39, 0.29) is 16.2 Å². The summed E-state index contributed by atoms with van der Waals surface area (Å²) in [7, 11) is -1.45. The molecule has 6 heteroatoms. The van der Waals surface area contributed by atoms with Gasteiger partial charge in [-0.15, -0.1) is 0 Å². The van der Waals surface area contributed by atoms with Gasteiger partial charge >= 0.3 is 7.12 Å². The van der Waals surface area contributed by atoms with Crippen molar-refractivity contribution >= 4 is 25.3 Å². The van der Waals surface area contributed by atoms with Crippen LogP contribution in [0.2, 0.25) is 5.31 Å². The molecule has 1 rings (SSSR count). The molecule has 1 aromatic carbocycles. The van der Waals surface area contributed by atoms with Crippen LogP contribution < -0.4 is 10.9 Å². The molecule has 0 aliphatic rings. The summed E-state index contributed by atoms with van der Waals surface area (Å²) < 4.78 is 26.6. The van der Waals surface area contributed by atoms with E-state index in [1.807, 2.05) is 20.8 Å². The van der Waals surface area contributed by atoms with Gasteiger partial charge in [-0.2, -0.15) is 0 Å². The second-order valence-corrected chi connectivity index (χ2v) is 5.09. The van der Waals surface area contributed by atoms with Crippen LogP contribution in [0.4, 0.5) is 8.78 Å². The Hall–Kier alpha value is -0.870. The first-order valence-corrected chi connectivity index (χ1v) is 5.04. The van der Waals surface area contributed by atoms with Crippen molar-refractivity contribution < 1.29 is 18.8 Å². The van der Waals surface area contributed by atoms with Gasteiger partial charge in [0, 0.05) is 0 Å². The predicted octanol–water partition coefficient (Wildman–Crippen LogP) is -0.0752. The SMILES string of the molecule is CC(C)(C)Bc1cc(B(O)O)cc(F)c1F. The highest BCUT2D eigenvalue weighted by Crippen LogP contribution is 2.20. The monoisotopic (exact) mass is 226 g/mol. The van der Waals surface area contributed by atoms with Crippen molar-refractivity contribution in [1.29, 1.82) is 0 Å². The first kappa shape index (κ1) is 13.2. The van der Waals surface area contributed by atoms with E-state index in [1.54, 1.807) is 0 Å². The largest absolute Gasteiger partial charge is 0.488 e. The van der Waals surface area contributed by atoms with Crippen LogP contribution in [0.3, 0.4) is 0 Å². The fourth-order valence-electron chi connectivity index (χ4n) is 1.52. The van der Waals surface area contributed by atoms with Gasteiger partial charge in [0.05, 0.1) is 0 Å². The molecule has 0 spiro atoms. The fraction of sp³-hybridized carbons (Fsp3) is 0.400. The van der Waals surface area contributed by atoms with E-state index in [4.69, 9.17) is 10.0 Å². The van der Waals surface area contributed by atoms with E-state index in [1.165, 1.54) is 6.07 Å². The second kappa shape index (κ2) is 4.55. The summed E-state index contributed by atoms with van der Waals surface area (Å²) in [6.07, 6.45) is 0. The molecule has 0 unspecified atom stereocenters. The molecule has 0 bridgehead atoms. The Morgan fingerprint density at radius 3 is 2.19 bits per heavy atom. The van der Waals surface area contributed by atoms with Crippen molar-refractivity contribution in [3.8, 4) is 0 Å². The Bertz CT molecular complexity index is 389. The number of rotatable bonds is 2. The van der Waals surface area contributed by atoms with E-state index in [0.29, 0.717) is 7.28 Å². The lowest BCUT2D eigenvalue weighted by molar-refractivity contribution is 0.425. The van der Waals surface area contributed by atoms with E-state index < -0.39 is 18.8 Å². The molecule has 0 amide bonds. The van der Waals surface area contributed by atoms with E-state index in [2.05, 4.69) is 0 Å². The molecule has 0 aliphatic heterocycles. The third-order valence-corrected chi connectivity index (χ3v) is 2.14. The summed E-state index contributed by atoms with van der Waals surface area (Å²) in [4.78, 5) is 0. The maximum absolute atomic E-state index is 13.4. The normalized spacial score (nSPS) is 11.4. The lowest BCUT2D eigenvalue weighted by Gasteiger charge is -2.17. The molecule has 0 radical (unpaired) electrons. The molecule has 0 atom stereocenters. The van der Waals surface area contributed by atoms with Crippen LogP contribution in [-0.2, 0) is 0 Å². The Morgan fingerprint density at radius 2 is 1.75 bits per heavy atom. The van der Waals surface area contributed by atoms with E-state index in [9.17, 15) is 8.78 Å². The van der Waals surface area contributed by atoms with Crippen molar-refractivity contribution in [3.05, 3.63) is 23.8 Å². The summed E-state index contributed by atoms with van der Waals surface area (Å²) in [6, 6.07) is 2.08. The maximum Gasteiger partial charge on any atom is 0.488 e. The minimum Gasteiger partial charge on any atom is -0.423 e. The van der Waals surface area contributed by atoms with Crippen LogP contribution in [-0.4, -0.2) is 24.4 Å². The number of halogens is 2. The third-order valence-electron chi connectivity index (χ3n) is 2.14. The summed E-state index contributed by atoms with van der Waals surface area (Å²) in [5, 5.41) is 17.7. The highest BCUT2D eigenvalue weighted by molar-refractivity contribution is 6.61. The minimum atomic E-state index is -1.78. The van der Waals surface area contributed by atoms with Crippen LogP contribution >= 0.6 is 0 Å². The van der Waals surface area contributed by atoms with Gasteiger partial charge in [-0.3, -0.25) is 0 Å². The van der Waals surface area contributed by atoms with Crippen LogP contribution in [0.15, 0.2) is 12.1 Å². The zero-order valence-corrected chi connectivity index (χ0v) is 9.59. The van der Waals surface area contributed by atoms with Crippen molar-refractivity contribution in [1.82, 2.24) is 0 Å². The van der Waals surface area contributed by atoms with Gasteiger partial charge in [0.1, 0.15) is 0 Å². The molecular weight excluding hydrogens is 212 g/mol. The minimum absolute atomic E-state index is 0.0295. The van der Waals surface area contributed by atoms with Crippen LogP contribution in [0.5, 0.6) is 0 Å². The molecular formula is C10H14B2F2O2. The molecule has 0 aliphatic carbocycles. The summed E-state index contributed by atoms with van der Waals surface area (Å²) in [5.41, 5.74) is 0.133. The quantitative estimate of drug-likeness (QED) is 0.692. The molecule has 1 aromatic rings. The molecule has 0 aromatic heterocycles. The summed E-state index contributed by atoms with van der Waals surface area (Å²) in [6.45, 7) is 5.69. The van der Waals surface area contributed by atoms with Crippen molar-refractivity contribution in [2.45, 2.75) is 26.1 Å². The Kier molecular flexibility index (Phi) is 3.76. The fourth-order valence-corrected chi connectivity index (χ4v) is 1.52. The average molecular weight is 226 g/mol. The number of hydrogen-bond acceptors (Lipinski definition) is 2. The molecule has 0 saturated heterocycles. The van der Waals surface area contributed by atoms with Crippen molar-refractivity contribution in [3.63, 3.8) is 0 Å². The van der Waals surface area contributed by atoms with Crippen LogP contribution in [0, 0.1) is 11.6 Å². The molecule has 0 fully saturated rings. The highest BCUT2D eigenvalue weighted by atomic mass is 19.2. The van der Waals surface area contributed by atoms with Gasteiger partial charge in [0.25, 0.3) is 0 Å². The van der Waals surface area contributed by atoms with Crippen LogP contribution in [0.1, 0.15) is 20.8 Å². The first-order valence-electron chi connectivity index (χ1n) is 5.04. The van der Waals surface area contributed by atoms with Gasteiger partial charge in [-0.05, 0) is 17.0 Å². The van der Waals surface area contributed by atoms with Gasteiger partial charge in [0.2, 0.25) is 0 Å². The number of hydrogen-bond donors (Lipinski definition) is 2. The number of benzene rings is 1. The van der Waals surface area contributed by atoms with Crippen LogP contribution in [0.25, 0.3) is 0 Å². The van der Waals surface area contributed by atoms with Gasteiger partial charge in [-0.1, -0.05) is 32.2 Å². The van der Waals surface area contributed by atoms with Gasteiger partial charge in [-0.25, -0.2) is 8.78 Å². The van der Waals surface area contributed by atoms with Crippen molar-refractivity contribution in [2.75, 3.05) is 0 Å². The summed E-state index contributed by atoms with van der Waals surface area (Å²) >= 11 is 0. The van der Waals surface area contributed by atoms with Crippen molar-refractivity contribution in [2.24, 2.45) is 0 Å². The molecule has 2 N–H and O–H groups in total. The molecule has 16 heavy (non-hydrogen) atoms. The first-order chi connectivity index (χ1) is 7.20. The van der Waals surface area contributed by atoms with Gasteiger partial charge in [0.15, 0.2) is 18.9 Å². The lowest BCUT2D eigenvalue weighted by atomic mass is 9.50. The highest BCUT2D eigenvalue weighted by Gasteiger charge is 2.22. The van der Waals surface area contributed by atoms with E-state index in [0.717, 1.165) is 6.07 Å². The molecule has 0 saturated carbocycles. The summed E-state index contributed by atoms with van der Waals surface area (Å²) in [5.74, 6) is -1.97. The van der Waals surface area contributed by atoms with Gasteiger partial charge < -0.3 is 10.0 Å².